The highest BCUT2D eigenvalue weighted by Gasteiger charge is 2.34. The first kappa shape index (κ1) is 14.2. The Bertz CT molecular complexity index is 491. The second-order valence-corrected chi connectivity index (χ2v) is 6.57. The minimum atomic E-state index is -0.511. The van der Waals surface area contributed by atoms with Crippen molar-refractivity contribution in [2.45, 2.75) is 44.4 Å². The summed E-state index contributed by atoms with van der Waals surface area (Å²) in [4.78, 5) is 4.99. The zero-order valence-corrected chi connectivity index (χ0v) is 13.0. The van der Waals surface area contributed by atoms with Crippen LogP contribution in [0.5, 0.6) is 0 Å². The number of fused-ring (bicyclic) bond motifs is 2. The Morgan fingerprint density at radius 3 is 2.70 bits per heavy atom. The summed E-state index contributed by atoms with van der Waals surface area (Å²) in [6.45, 7) is 3.92. The summed E-state index contributed by atoms with van der Waals surface area (Å²) in [5, 5.41) is 10.3. The van der Waals surface area contributed by atoms with E-state index in [4.69, 9.17) is 11.6 Å². The molecule has 2 bridgehead atoms. The van der Waals surface area contributed by atoms with Crippen molar-refractivity contribution in [3.8, 4) is 0 Å². The van der Waals surface area contributed by atoms with Gasteiger partial charge in [0.15, 0.2) is 0 Å². The Hall–Kier alpha value is -0.770. The average Bonchev–Trinajstić information content (AvgIpc) is 2.62. The smallest absolute Gasteiger partial charge is 0.0776 e. The number of anilines is 1. The molecule has 1 aromatic carbocycles. The molecule has 3 atom stereocenters. The minimum absolute atomic E-state index is 0.511. The summed E-state index contributed by atoms with van der Waals surface area (Å²) < 4.78 is 0. The van der Waals surface area contributed by atoms with Crippen LogP contribution in [-0.2, 0) is 0 Å². The predicted molar refractivity (Wildman–Crippen MR) is 83.5 cm³/mol. The van der Waals surface area contributed by atoms with Crippen molar-refractivity contribution in [1.82, 2.24) is 4.90 Å². The zero-order chi connectivity index (χ0) is 14.3. The van der Waals surface area contributed by atoms with Gasteiger partial charge in [-0.2, -0.15) is 0 Å². The lowest BCUT2D eigenvalue weighted by Crippen LogP contribution is -2.36. The fraction of sp³-hybridized carbons (Fsp3) is 0.625. The summed E-state index contributed by atoms with van der Waals surface area (Å²) >= 11 is 6.30. The van der Waals surface area contributed by atoms with E-state index in [1.54, 1.807) is 6.92 Å². The van der Waals surface area contributed by atoms with Gasteiger partial charge in [0.05, 0.1) is 6.10 Å². The van der Waals surface area contributed by atoms with Gasteiger partial charge in [-0.05, 0) is 50.9 Å². The maximum Gasteiger partial charge on any atom is 0.0776 e. The average molecular weight is 295 g/mol. The fourth-order valence-electron chi connectivity index (χ4n) is 3.59. The summed E-state index contributed by atoms with van der Waals surface area (Å²) in [5.41, 5.74) is 1.99. The van der Waals surface area contributed by atoms with Crippen LogP contribution >= 0.6 is 11.6 Å². The van der Waals surface area contributed by atoms with Crippen LogP contribution in [-0.4, -0.2) is 42.2 Å². The normalized spacial score (nSPS) is 28.5. The third kappa shape index (κ3) is 2.54. The zero-order valence-electron chi connectivity index (χ0n) is 12.2. The molecule has 0 saturated carbocycles. The lowest BCUT2D eigenvalue weighted by molar-refractivity contribution is 0.199. The van der Waals surface area contributed by atoms with Gasteiger partial charge >= 0.3 is 0 Å². The lowest BCUT2D eigenvalue weighted by atomic mass is 10.1. The molecule has 2 saturated heterocycles. The van der Waals surface area contributed by atoms with Crippen molar-refractivity contribution in [2.24, 2.45) is 0 Å². The van der Waals surface area contributed by atoms with Crippen LogP contribution in [0.3, 0.4) is 0 Å². The lowest BCUT2D eigenvalue weighted by Gasteiger charge is -2.28. The monoisotopic (exact) mass is 294 g/mol. The molecule has 2 fully saturated rings. The van der Waals surface area contributed by atoms with E-state index in [2.05, 4.69) is 22.9 Å². The molecule has 0 spiro atoms. The van der Waals surface area contributed by atoms with Crippen LogP contribution < -0.4 is 4.90 Å². The summed E-state index contributed by atoms with van der Waals surface area (Å²) in [5.74, 6) is 0. The molecular weight excluding hydrogens is 272 g/mol. The number of hydrogen-bond acceptors (Lipinski definition) is 3. The number of halogens is 1. The first-order chi connectivity index (χ1) is 9.56. The number of rotatable bonds is 2. The molecule has 0 aromatic heterocycles. The van der Waals surface area contributed by atoms with Crippen molar-refractivity contribution in [3.63, 3.8) is 0 Å². The minimum Gasteiger partial charge on any atom is -0.389 e. The molecule has 0 aliphatic carbocycles. The van der Waals surface area contributed by atoms with Gasteiger partial charge < -0.3 is 10.0 Å². The van der Waals surface area contributed by atoms with E-state index >= 15 is 0 Å². The first-order valence-corrected chi connectivity index (χ1v) is 7.88. The largest absolute Gasteiger partial charge is 0.389 e. The number of aliphatic hydroxyl groups is 1. The highest BCUT2D eigenvalue weighted by atomic mass is 35.5. The molecule has 3 unspecified atom stereocenters. The van der Waals surface area contributed by atoms with Crippen molar-refractivity contribution in [3.05, 3.63) is 28.8 Å². The van der Waals surface area contributed by atoms with Crippen molar-refractivity contribution in [2.75, 3.05) is 25.0 Å². The van der Waals surface area contributed by atoms with E-state index in [1.165, 1.54) is 24.9 Å². The molecule has 3 nitrogen and oxygen atoms in total. The van der Waals surface area contributed by atoms with E-state index in [0.717, 1.165) is 24.7 Å². The molecule has 1 N–H and O–H groups in total. The molecule has 4 heteroatoms. The molecule has 2 aliphatic heterocycles. The Labute approximate surface area is 126 Å². The number of likely N-dealkylation sites (N-methyl/N-ethyl adjacent to an activating group) is 1. The molecule has 110 valence electrons. The summed E-state index contributed by atoms with van der Waals surface area (Å²) in [6.07, 6.45) is 3.36. The van der Waals surface area contributed by atoms with E-state index < -0.39 is 6.10 Å². The molecule has 0 amide bonds. The van der Waals surface area contributed by atoms with Crippen LogP contribution in [0.1, 0.15) is 37.9 Å². The van der Waals surface area contributed by atoms with Crippen LogP contribution in [0.2, 0.25) is 5.02 Å². The van der Waals surface area contributed by atoms with Crippen LogP contribution in [0, 0.1) is 0 Å². The summed E-state index contributed by atoms with van der Waals surface area (Å²) in [6, 6.07) is 7.46. The van der Waals surface area contributed by atoms with Crippen molar-refractivity contribution in [1.29, 1.82) is 0 Å². The van der Waals surface area contributed by atoms with Crippen LogP contribution in [0.4, 0.5) is 5.69 Å². The van der Waals surface area contributed by atoms with Gasteiger partial charge in [0.1, 0.15) is 0 Å². The second kappa shape index (κ2) is 5.55. The maximum atomic E-state index is 9.67. The van der Waals surface area contributed by atoms with Gasteiger partial charge in [0.25, 0.3) is 0 Å². The second-order valence-electron chi connectivity index (χ2n) is 6.17. The Morgan fingerprint density at radius 2 is 2.00 bits per heavy atom. The maximum absolute atomic E-state index is 9.67. The fourth-order valence-corrected chi connectivity index (χ4v) is 3.93. The summed E-state index contributed by atoms with van der Waals surface area (Å²) in [7, 11) is 2.26. The predicted octanol–water partition coefficient (Wildman–Crippen LogP) is 3.07. The molecule has 3 rings (SSSR count). The van der Waals surface area contributed by atoms with E-state index in [1.807, 2.05) is 12.1 Å². The highest BCUT2D eigenvalue weighted by molar-refractivity contribution is 6.31. The molecule has 2 heterocycles. The first-order valence-electron chi connectivity index (χ1n) is 7.50. The van der Waals surface area contributed by atoms with E-state index in [0.29, 0.717) is 11.1 Å². The van der Waals surface area contributed by atoms with Gasteiger partial charge in [0, 0.05) is 35.9 Å². The van der Waals surface area contributed by atoms with Crippen LogP contribution in [0.15, 0.2) is 18.2 Å². The van der Waals surface area contributed by atoms with E-state index in [9.17, 15) is 5.11 Å². The van der Waals surface area contributed by atoms with Gasteiger partial charge in [-0.3, -0.25) is 4.90 Å². The standard InChI is InChI=1S/C16H23ClN2O/c1-11(20)15-6-5-13(9-16(15)17)19-8-7-12-3-4-14(10-19)18(12)2/h5-6,9,11-12,14,20H,3-4,7-8,10H2,1-2H3. The topological polar surface area (TPSA) is 26.7 Å². The Morgan fingerprint density at radius 1 is 1.25 bits per heavy atom. The van der Waals surface area contributed by atoms with Crippen molar-refractivity contribution < 1.29 is 5.11 Å². The SMILES string of the molecule is CC(O)c1ccc(N2CCC3CCC(C2)N3C)cc1Cl. The molecule has 20 heavy (non-hydrogen) atoms. The van der Waals surface area contributed by atoms with E-state index in [-0.39, 0.29) is 0 Å². The molecule has 1 aromatic rings. The molecular formula is C16H23ClN2O. The quantitative estimate of drug-likeness (QED) is 0.908. The Kier molecular flexibility index (Phi) is 3.93. The van der Waals surface area contributed by atoms with Crippen molar-refractivity contribution >= 4 is 17.3 Å². The van der Waals surface area contributed by atoms with Gasteiger partial charge in [-0.15, -0.1) is 0 Å². The van der Waals surface area contributed by atoms with Crippen LogP contribution in [0.25, 0.3) is 0 Å². The number of nitrogens with zero attached hydrogens (tertiary/aromatic N) is 2. The third-order valence-electron chi connectivity index (χ3n) is 4.95. The number of hydrogen-bond donors (Lipinski definition) is 1. The van der Waals surface area contributed by atoms with Gasteiger partial charge in [0.2, 0.25) is 0 Å². The molecule has 0 radical (unpaired) electrons. The van der Waals surface area contributed by atoms with Gasteiger partial charge in [-0.25, -0.2) is 0 Å². The van der Waals surface area contributed by atoms with Gasteiger partial charge in [-0.1, -0.05) is 17.7 Å². The molecule has 2 aliphatic rings. The number of benzene rings is 1. The Balaban J connectivity index is 1.81. The number of aliphatic hydroxyl groups excluding tert-OH is 1. The third-order valence-corrected chi connectivity index (χ3v) is 5.28. The highest BCUT2D eigenvalue weighted by Crippen LogP contribution is 2.33.